The molecular weight excluding hydrogens is 406 g/mol. The molecule has 2 saturated heterocycles. The van der Waals surface area contributed by atoms with Gasteiger partial charge in [-0.2, -0.15) is 0 Å². The van der Waals surface area contributed by atoms with Crippen LogP contribution in [0.3, 0.4) is 0 Å². The third-order valence-electron chi connectivity index (χ3n) is 7.13. The van der Waals surface area contributed by atoms with Crippen LogP contribution in [0.2, 0.25) is 0 Å². The number of nitrogens with one attached hydrogen (secondary N) is 2. The number of furan rings is 1. The number of fused-ring (bicyclic) bond motifs is 3. The molecule has 3 N–H and O–H groups in total. The number of carbonyl (C=O) groups is 1. The number of phenols is 1. The van der Waals surface area contributed by atoms with Crippen LogP contribution in [0.1, 0.15) is 50.1 Å². The van der Waals surface area contributed by atoms with Crippen molar-refractivity contribution in [3.05, 3.63) is 36.1 Å². The van der Waals surface area contributed by atoms with Crippen LogP contribution in [0.25, 0.3) is 22.2 Å². The standard InChI is InChI=1S/C24H29N5O3/c1-23-7-8-24(2,28-23)13-15(12-23)29(4)21-6-5-17(26-27-21)16-11-19-14(9-18(16)30)10-20(32-19)22(31)25-3/h5-6,9-11,15,28,30H,7-8,12-13H2,1-4H3,(H,25,31)/t15?,23-,24+. The maximum atomic E-state index is 11.8. The number of aromatic hydroxyl groups is 1. The van der Waals surface area contributed by atoms with Gasteiger partial charge in [0.15, 0.2) is 11.6 Å². The van der Waals surface area contributed by atoms with Gasteiger partial charge in [0, 0.05) is 42.2 Å². The average molecular weight is 436 g/mol. The van der Waals surface area contributed by atoms with Crippen LogP contribution in [0, 0.1) is 0 Å². The lowest BCUT2D eigenvalue weighted by Crippen LogP contribution is -2.58. The van der Waals surface area contributed by atoms with Gasteiger partial charge in [-0.25, -0.2) is 0 Å². The minimum Gasteiger partial charge on any atom is -0.507 e. The van der Waals surface area contributed by atoms with Gasteiger partial charge in [-0.1, -0.05) is 0 Å². The van der Waals surface area contributed by atoms with Gasteiger partial charge < -0.3 is 25.1 Å². The molecule has 0 spiro atoms. The van der Waals surface area contributed by atoms with E-state index in [1.165, 1.54) is 12.8 Å². The summed E-state index contributed by atoms with van der Waals surface area (Å²) < 4.78 is 5.64. The van der Waals surface area contributed by atoms with E-state index in [1.54, 1.807) is 25.2 Å². The molecule has 168 valence electrons. The molecule has 2 aromatic heterocycles. The Morgan fingerprint density at radius 2 is 1.91 bits per heavy atom. The molecule has 2 aliphatic rings. The zero-order chi connectivity index (χ0) is 22.7. The first-order valence-corrected chi connectivity index (χ1v) is 11.0. The number of aromatic nitrogens is 2. The summed E-state index contributed by atoms with van der Waals surface area (Å²) in [6.07, 6.45) is 4.56. The number of nitrogens with zero attached hydrogens (tertiary/aromatic N) is 3. The van der Waals surface area contributed by atoms with Gasteiger partial charge in [-0.05, 0) is 69.9 Å². The lowest BCUT2D eigenvalue weighted by molar-refractivity contribution is 0.0938. The van der Waals surface area contributed by atoms with Crippen molar-refractivity contribution < 1.29 is 14.3 Å². The van der Waals surface area contributed by atoms with Crippen LogP contribution in [0.4, 0.5) is 5.82 Å². The summed E-state index contributed by atoms with van der Waals surface area (Å²) in [6.45, 7) is 4.63. The first-order valence-electron chi connectivity index (χ1n) is 11.0. The van der Waals surface area contributed by atoms with E-state index in [1.807, 2.05) is 12.1 Å². The van der Waals surface area contributed by atoms with E-state index >= 15 is 0 Å². The quantitative estimate of drug-likeness (QED) is 0.577. The highest BCUT2D eigenvalue weighted by molar-refractivity contribution is 5.97. The number of carbonyl (C=O) groups excluding carboxylic acids is 1. The molecule has 2 bridgehead atoms. The molecule has 2 aliphatic heterocycles. The fourth-order valence-electron chi connectivity index (χ4n) is 5.46. The molecule has 1 amide bonds. The Kier molecular flexibility index (Phi) is 4.67. The first-order chi connectivity index (χ1) is 15.2. The zero-order valence-corrected chi connectivity index (χ0v) is 18.9. The van der Waals surface area contributed by atoms with Crippen LogP contribution in [0.15, 0.2) is 34.7 Å². The summed E-state index contributed by atoms with van der Waals surface area (Å²) in [5.74, 6) is 0.754. The van der Waals surface area contributed by atoms with E-state index in [9.17, 15) is 9.90 Å². The minimum absolute atomic E-state index is 0.0629. The summed E-state index contributed by atoms with van der Waals surface area (Å²) in [5.41, 5.74) is 1.92. The van der Waals surface area contributed by atoms with E-state index in [0.29, 0.717) is 28.3 Å². The second-order valence-electron chi connectivity index (χ2n) is 9.79. The molecule has 1 unspecified atom stereocenters. The molecule has 0 radical (unpaired) electrons. The Labute approximate surface area is 187 Å². The van der Waals surface area contributed by atoms with Crippen molar-refractivity contribution >= 4 is 22.7 Å². The van der Waals surface area contributed by atoms with Crippen LogP contribution in [-0.2, 0) is 0 Å². The van der Waals surface area contributed by atoms with Gasteiger partial charge in [-0.15, -0.1) is 10.2 Å². The molecule has 3 atom stereocenters. The van der Waals surface area contributed by atoms with Crippen molar-refractivity contribution in [1.29, 1.82) is 0 Å². The molecule has 8 nitrogen and oxygen atoms in total. The Balaban J connectivity index is 1.40. The van der Waals surface area contributed by atoms with Gasteiger partial charge in [0.1, 0.15) is 11.3 Å². The van der Waals surface area contributed by atoms with Crippen LogP contribution in [0.5, 0.6) is 5.75 Å². The minimum atomic E-state index is -0.316. The molecule has 4 heterocycles. The van der Waals surface area contributed by atoms with Gasteiger partial charge in [0.05, 0.1) is 5.69 Å². The lowest BCUT2D eigenvalue weighted by Gasteiger charge is -2.45. The van der Waals surface area contributed by atoms with E-state index in [0.717, 1.165) is 18.7 Å². The van der Waals surface area contributed by atoms with Crippen LogP contribution >= 0.6 is 0 Å². The Bertz CT molecular complexity index is 1170. The Morgan fingerprint density at radius 1 is 1.19 bits per heavy atom. The van der Waals surface area contributed by atoms with Crippen LogP contribution < -0.4 is 15.5 Å². The number of rotatable bonds is 4. The smallest absolute Gasteiger partial charge is 0.286 e. The maximum absolute atomic E-state index is 11.8. The van der Waals surface area contributed by atoms with E-state index in [2.05, 4.69) is 46.6 Å². The second kappa shape index (κ2) is 7.20. The van der Waals surface area contributed by atoms with E-state index in [-0.39, 0.29) is 28.5 Å². The van der Waals surface area contributed by atoms with E-state index in [4.69, 9.17) is 4.42 Å². The molecular formula is C24H29N5O3. The number of hydrogen-bond acceptors (Lipinski definition) is 7. The molecule has 8 heteroatoms. The summed E-state index contributed by atoms with van der Waals surface area (Å²) in [4.78, 5) is 14.1. The number of piperidine rings is 1. The molecule has 1 aromatic carbocycles. The third-order valence-corrected chi connectivity index (χ3v) is 7.13. The molecule has 0 aliphatic carbocycles. The van der Waals surface area contributed by atoms with Crippen molar-refractivity contribution in [2.45, 2.75) is 56.7 Å². The fraction of sp³-hybridized carbons (Fsp3) is 0.458. The molecule has 3 aromatic rings. The summed E-state index contributed by atoms with van der Waals surface area (Å²) >= 11 is 0. The second-order valence-corrected chi connectivity index (χ2v) is 9.79. The van der Waals surface area contributed by atoms with Crippen molar-refractivity contribution in [1.82, 2.24) is 20.8 Å². The van der Waals surface area contributed by atoms with E-state index < -0.39 is 0 Å². The zero-order valence-electron chi connectivity index (χ0n) is 18.9. The van der Waals surface area contributed by atoms with Gasteiger partial charge in [-0.3, -0.25) is 4.79 Å². The fourth-order valence-corrected chi connectivity index (χ4v) is 5.46. The normalized spacial score (nSPS) is 26.9. The number of anilines is 1. The predicted molar refractivity (Wildman–Crippen MR) is 123 cm³/mol. The van der Waals surface area contributed by atoms with Crippen molar-refractivity contribution in [2.24, 2.45) is 0 Å². The lowest BCUT2D eigenvalue weighted by atomic mass is 9.84. The number of phenolic OH excluding ortho intramolecular Hbond substituents is 1. The largest absolute Gasteiger partial charge is 0.507 e. The Morgan fingerprint density at radius 3 is 2.53 bits per heavy atom. The van der Waals surface area contributed by atoms with Crippen molar-refractivity contribution in [3.8, 4) is 17.0 Å². The molecule has 5 rings (SSSR count). The molecule has 32 heavy (non-hydrogen) atoms. The number of amides is 1. The van der Waals surface area contributed by atoms with Gasteiger partial charge >= 0.3 is 0 Å². The summed E-state index contributed by atoms with van der Waals surface area (Å²) in [5, 5.41) is 26.4. The Hall–Kier alpha value is -3.13. The first kappa shape index (κ1) is 20.8. The highest BCUT2D eigenvalue weighted by atomic mass is 16.3. The number of benzene rings is 1. The summed E-state index contributed by atoms with van der Waals surface area (Å²) in [7, 11) is 3.63. The van der Waals surface area contributed by atoms with Crippen LogP contribution in [-0.4, -0.2) is 52.4 Å². The predicted octanol–water partition coefficient (Wildman–Crippen LogP) is 3.45. The highest BCUT2D eigenvalue weighted by Crippen LogP contribution is 2.44. The summed E-state index contributed by atoms with van der Waals surface area (Å²) in [6, 6.07) is 9.07. The number of hydrogen-bond donors (Lipinski definition) is 3. The monoisotopic (exact) mass is 435 g/mol. The van der Waals surface area contributed by atoms with Gasteiger partial charge in [0.25, 0.3) is 5.91 Å². The van der Waals surface area contributed by atoms with Crippen molar-refractivity contribution in [3.63, 3.8) is 0 Å². The topological polar surface area (TPSA) is 104 Å². The van der Waals surface area contributed by atoms with Gasteiger partial charge in [0.2, 0.25) is 0 Å². The SMILES string of the molecule is CNC(=O)c1cc2cc(O)c(-c3ccc(N(C)C4C[C@]5(C)CC[C@](C)(C4)N5)nn3)cc2o1. The maximum Gasteiger partial charge on any atom is 0.286 e. The molecule has 0 saturated carbocycles. The average Bonchev–Trinajstić information content (AvgIpc) is 3.28. The molecule has 2 fully saturated rings. The third kappa shape index (κ3) is 3.48. The highest BCUT2D eigenvalue weighted by Gasteiger charge is 2.49. The van der Waals surface area contributed by atoms with Crippen molar-refractivity contribution in [2.75, 3.05) is 19.0 Å².